The summed E-state index contributed by atoms with van der Waals surface area (Å²) in [5, 5.41) is 10.7. The van der Waals surface area contributed by atoms with Crippen LogP contribution in [0.15, 0.2) is 67.3 Å². The molecule has 3 fully saturated rings. The second-order valence-electron chi connectivity index (χ2n) is 10.9. The number of benzene rings is 2. The summed E-state index contributed by atoms with van der Waals surface area (Å²) in [5.74, 6) is -2.35. The highest BCUT2D eigenvalue weighted by Gasteiger charge is 2.79. The Balaban J connectivity index is 1.67. The summed E-state index contributed by atoms with van der Waals surface area (Å²) in [5.41, 5.74) is -0.870. The summed E-state index contributed by atoms with van der Waals surface area (Å²) >= 11 is 0. The maximum Gasteiger partial charge on any atom is 0.312 e. The lowest BCUT2D eigenvalue weighted by molar-refractivity contribution is -0.161. The molecule has 1 N–H and O–H groups in total. The van der Waals surface area contributed by atoms with Crippen LogP contribution >= 0.6 is 0 Å². The predicted octanol–water partition coefficient (Wildman–Crippen LogP) is 3.67. The third-order valence-electron chi connectivity index (χ3n) is 9.05. The third-order valence-corrected chi connectivity index (χ3v) is 9.05. The zero-order valence-electron chi connectivity index (χ0n) is 23.8. The van der Waals surface area contributed by atoms with Gasteiger partial charge in [0.25, 0.3) is 5.91 Å². The fourth-order valence-corrected chi connectivity index (χ4v) is 7.25. The Labute approximate surface area is 240 Å². The van der Waals surface area contributed by atoms with Gasteiger partial charge in [0.1, 0.15) is 23.3 Å². The normalized spacial score (nSPS) is 28.7. The van der Waals surface area contributed by atoms with Crippen LogP contribution in [0.2, 0.25) is 0 Å². The van der Waals surface area contributed by atoms with Gasteiger partial charge in [0.2, 0.25) is 5.91 Å². The average Bonchev–Trinajstić information content (AvgIpc) is 3.61. The third kappa shape index (κ3) is 4.42. The number of likely N-dealkylation sites (tertiary alicyclic amines) is 1. The molecule has 3 saturated heterocycles. The highest BCUT2D eigenvalue weighted by molar-refractivity contribution is 6.05. The van der Waals surface area contributed by atoms with Crippen molar-refractivity contribution >= 4 is 23.5 Å². The first-order chi connectivity index (χ1) is 19.8. The molecule has 2 amide bonds. The van der Waals surface area contributed by atoms with Gasteiger partial charge < -0.3 is 29.1 Å². The second-order valence-corrected chi connectivity index (χ2v) is 10.9. The summed E-state index contributed by atoms with van der Waals surface area (Å²) in [6, 6.07) is 14.3. The minimum absolute atomic E-state index is 0.170. The molecule has 3 aliphatic rings. The van der Waals surface area contributed by atoms with Gasteiger partial charge in [-0.1, -0.05) is 43.3 Å². The van der Waals surface area contributed by atoms with Crippen molar-refractivity contribution in [2.45, 2.75) is 56.4 Å². The van der Waals surface area contributed by atoms with E-state index in [0.29, 0.717) is 36.3 Å². The predicted molar refractivity (Wildman–Crippen MR) is 152 cm³/mol. The molecule has 2 aromatic carbocycles. The molecule has 0 aliphatic carbocycles. The first-order valence-corrected chi connectivity index (χ1v) is 14.2. The van der Waals surface area contributed by atoms with E-state index in [2.05, 4.69) is 6.58 Å². The molecule has 6 atom stereocenters. The summed E-state index contributed by atoms with van der Waals surface area (Å²) in [6.07, 6.45) is 3.08. The van der Waals surface area contributed by atoms with Gasteiger partial charge in [0, 0.05) is 12.2 Å². The highest BCUT2D eigenvalue weighted by atomic mass is 16.6. The van der Waals surface area contributed by atoms with Crippen LogP contribution in [-0.2, 0) is 23.9 Å². The highest BCUT2D eigenvalue weighted by Crippen LogP contribution is 2.65. The molecule has 5 rings (SSSR count). The van der Waals surface area contributed by atoms with Gasteiger partial charge in [0.05, 0.1) is 37.9 Å². The number of amides is 2. The van der Waals surface area contributed by atoms with Gasteiger partial charge in [-0.15, -0.1) is 6.58 Å². The van der Waals surface area contributed by atoms with Crippen LogP contribution in [-0.4, -0.2) is 71.9 Å². The first-order valence-electron chi connectivity index (χ1n) is 14.2. The number of methoxy groups -OCH3 is 1. The van der Waals surface area contributed by atoms with Crippen molar-refractivity contribution in [3.05, 3.63) is 72.8 Å². The minimum Gasteiger partial charge on any atom is -0.497 e. The Morgan fingerprint density at radius 3 is 2.46 bits per heavy atom. The Morgan fingerprint density at radius 1 is 1.17 bits per heavy atom. The lowest BCUT2D eigenvalue weighted by atomic mass is 9.65. The van der Waals surface area contributed by atoms with Crippen molar-refractivity contribution in [2.24, 2.45) is 11.8 Å². The zero-order valence-corrected chi connectivity index (χ0v) is 23.8. The molecule has 3 heterocycles. The van der Waals surface area contributed by atoms with Gasteiger partial charge in [-0.05, 0) is 56.0 Å². The second kappa shape index (κ2) is 11.3. The van der Waals surface area contributed by atoms with Crippen molar-refractivity contribution in [3.8, 4) is 5.75 Å². The number of ether oxygens (including phenoxy) is 3. The number of nitrogens with zero attached hydrogens (tertiary/aromatic N) is 2. The molecule has 2 aromatic rings. The fraction of sp³-hybridized carbons (Fsp3) is 0.469. The Morgan fingerprint density at radius 2 is 1.88 bits per heavy atom. The minimum atomic E-state index is -1.25. The molecule has 0 radical (unpaired) electrons. The Bertz CT molecular complexity index is 1300. The van der Waals surface area contributed by atoms with E-state index in [1.54, 1.807) is 49.3 Å². The van der Waals surface area contributed by atoms with Crippen LogP contribution in [0.25, 0.3) is 0 Å². The van der Waals surface area contributed by atoms with Gasteiger partial charge in [0.15, 0.2) is 0 Å². The molecule has 1 spiro atoms. The Hall–Kier alpha value is -3.69. The molecule has 9 nitrogen and oxygen atoms in total. The van der Waals surface area contributed by atoms with Gasteiger partial charge >= 0.3 is 5.97 Å². The molecule has 9 heteroatoms. The summed E-state index contributed by atoms with van der Waals surface area (Å²) in [6.45, 7) is 7.47. The lowest BCUT2D eigenvalue weighted by Crippen LogP contribution is -2.57. The maximum absolute atomic E-state index is 14.8. The number of hydrogen-bond donors (Lipinski definition) is 1. The largest absolute Gasteiger partial charge is 0.497 e. The average molecular weight is 563 g/mol. The van der Waals surface area contributed by atoms with E-state index in [4.69, 9.17) is 14.2 Å². The van der Waals surface area contributed by atoms with Crippen molar-refractivity contribution < 1.29 is 33.7 Å². The molecular formula is C32H38N2O7. The molecule has 3 aliphatic heterocycles. The molecular weight excluding hydrogens is 524 g/mol. The van der Waals surface area contributed by atoms with Crippen LogP contribution in [0.5, 0.6) is 5.75 Å². The standard InChI is InChI=1S/C32H38N2O7/c1-5-19-33(22-13-15-23(39-4)16-14-22)29(37)27-32-18-17-31(6-2,41-32)26(30(38)40-7-3)25(32)28(36)34(27)24(20-35)21-11-9-8-10-12-21/h5,8-16,24-27,35H,1,6-7,17-20H2,2-4H3/t24-,25+,26-,27?,31+,32?/m1/s1. The molecule has 41 heavy (non-hydrogen) atoms. The zero-order chi connectivity index (χ0) is 29.4. The van der Waals surface area contributed by atoms with Crippen LogP contribution in [0.4, 0.5) is 5.69 Å². The van der Waals surface area contributed by atoms with Crippen LogP contribution in [0, 0.1) is 11.8 Å². The first kappa shape index (κ1) is 28.8. The SMILES string of the molecule is C=CCN(C(=O)C1N([C@H](CO)c2ccccc2)C(=O)[C@@H]2[C@H](C(=O)OCC)[C@]3(CC)CCC12O3)c1ccc(OC)cc1. The summed E-state index contributed by atoms with van der Waals surface area (Å²) in [4.78, 5) is 45.8. The number of aliphatic hydroxyl groups is 1. The van der Waals surface area contributed by atoms with Crippen molar-refractivity contribution in [2.75, 3.05) is 31.8 Å². The van der Waals surface area contributed by atoms with E-state index >= 15 is 0 Å². The quantitative estimate of drug-likeness (QED) is 0.329. The van der Waals surface area contributed by atoms with Gasteiger partial charge in [-0.3, -0.25) is 14.4 Å². The number of aliphatic hydroxyl groups excluding tert-OH is 1. The number of fused-ring (bicyclic) bond motifs is 1. The van der Waals surface area contributed by atoms with Crippen molar-refractivity contribution in [1.82, 2.24) is 4.90 Å². The fourth-order valence-electron chi connectivity index (χ4n) is 7.25. The number of rotatable bonds is 11. The van der Waals surface area contributed by atoms with E-state index in [-0.39, 0.29) is 25.0 Å². The number of esters is 1. The van der Waals surface area contributed by atoms with Gasteiger partial charge in [-0.25, -0.2) is 0 Å². The van der Waals surface area contributed by atoms with Gasteiger partial charge in [-0.2, -0.15) is 0 Å². The maximum atomic E-state index is 14.8. The number of carbonyl (C=O) groups is 3. The lowest BCUT2D eigenvalue weighted by Gasteiger charge is -2.39. The van der Waals surface area contributed by atoms with E-state index in [9.17, 15) is 19.5 Å². The van der Waals surface area contributed by atoms with E-state index in [0.717, 1.165) is 0 Å². The monoisotopic (exact) mass is 562 g/mol. The summed E-state index contributed by atoms with van der Waals surface area (Å²) in [7, 11) is 1.57. The van der Waals surface area contributed by atoms with Crippen molar-refractivity contribution in [1.29, 1.82) is 0 Å². The topological polar surface area (TPSA) is 106 Å². The van der Waals surface area contributed by atoms with E-state index < -0.39 is 47.7 Å². The van der Waals surface area contributed by atoms with Crippen molar-refractivity contribution in [3.63, 3.8) is 0 Å². The smallest absolute Gasteiger partial charge is 0.312 e. The van der Waals surface area contributed by atoms with E-state index in [1.165, 1.54) is 4.90 Å². The molecule has 0 saturated carbocycles. The molecule has 218 valence electrons. The van der Waals surface area contributed by atoms with Crippen LogP contribution in [0.1, 0.15) is 44.7 Å². The van der Waals surface area contributed by atoms with E-state index in [1.807, 2.05) is 37.3 Å². The molecule has 0 aromatic heterocycles. The number of hydrogen-bond acceptors (Lipinski definition) is 7. The Kier molecular flexibility index (Phi) is 7.94. The number of anilines is 1. The molecule has 2 unspecified atom stereocenters. The summed E-state index contributed by atoms with van der Waals surface area (Å²) < 4.78 is 17.6. The van der Waals surface area contributed by atoms with Crippen LogP contribution in [0.3, 0.4) is 0 Å². The van der Waals surface area contributed by atoms with Crippen LogP contribution < -0.4 is 9.64 Å². The number of carbonyl (C=O) groups excluding carboxylic acids is 3. The molecule has 2 bridgehead atoms.